The topological polar surface area (TPSA) is 43.1 Å². The van der Waals surface area contributed by atoms with Gasteiger partial charge in [-0.05, 0) is 30.7 Å². The van der Waals surface area contributed by atoms with E-state index >= 15 is 0 Å². The Balaban J connectivity index is 3.11. The average molecular weight is 196 g/mol. The minimum atomic E-state index is -0.109. The molecule has 0 radical (unpaired) electrons. The van der Waals surface area contributed by atoms with Gasteiger partial charge < -0.3 is 5.73 Å². The van der Waals surface area contributed by atoms with Crippen molar-refractivity contribution < 1.29 is 4.79 Å². The summed E-state index contributed by atoms with van der Waals surface area (Å²) in [4.78, 5) is 11.4. The molecule has 0 amide bonds. The number of carbonyl (C=O) groups is 1. The molecule has 0 spiro atoms. The van der Waals surface area contributed by atoms with Crippen molar-refractivity contribution in [1.82, 2.24) is 0 Å². The maximum atomic E-state index is 11.4. The fourth-order valence-corrected chi connectivity index (χ4v) is 1.10. The molecule has 0 aliphatic rings. The lowest BCUT2D eigenvalue weighted by Gasteiger charge is -2.02. The number of carbonyl (C=O) groups excluding carboxylic acids is 1. The SMILES string of the molecule is C=C(C)C(=O)c1ccc(N)c(Cl)c1. The van der Waals surface area contributed by atoms with Crippen LogP contribution in [0.2, 0.25) is 5.02 Å². The Kier molecular flexibility index (Phi) is 2.73. The monoisotopic (exact) mass is 195 g/mol. The zero-order chi connectivity index (χ0) is 10.0. The maximum Gasteiger partial charge on any atom is 0.188 e. The Morgan fingerprint density at radius 1 is 1.54 bits per heavy atom. The Hall–Kier alpha value is -1.28. The van der Waals surface area contributed by atoms with Gasteiger partial charge in [0.1, 0.15) is 0 Å². The summed E-state index contributed by atoms with van der Waals surface area (Å²) in [6.45, 7) is 5.22. The molecule has 0 saturated heterocycles. The molecular formula is C10H10ClNO. The van der Waals surface area contributed by atoms with Gasteiger partial charge in [0.25, 0.3) is 0 Å². The zero-order valence-electron chi connectivity index (χ0n) is 7.30. The summed E-state index contributed by atoms with van der Waals surface area (Å²) in [5.74, 6) is -0.109. The van der Waals surface area contributed by atoms with Crippen molar-refractivity contribution in [2.24, 2.45) is 0 Å². The lowest BCUT2D eigenvalue weighted by atomic mass is 10.1. The number of hydrogen-bond donors (Lipinski definition) is 1. The van der Waals surface area contributed by atoms with E-state index in [1.165, 1.54) is 0 Å². The summed E-state index contributed by atoms with van der Waals surface area (Å²) in [6.07, 6.45) is 0. The van der Waals surface area contributed by atoms with Gasteiger partial charge in [0.05, 0.1) is 10.7 Å². The molecule has 0 saturated carbocycles. The van der Waals surface area contributed by atoms with E-state index in [2.05, 4.69) is 6.58 Å². The van der Waals surface area contributed by atoms with Gasteiger partial charge >= 0.3 is 0 Å². The molecule has 0 unspecified atom stereocenters. The molecule has 1 aromatic carbocycles. The number of ketones is 1. The highest BCUT2D eigenvalue weighted by Crippen LogP contribution is 2.20. The molecule has 0 heterocycles. The molecule has 0 aromatic heterocycles. The van der Waals surface area contributed by atoms with Crippen LogP contribution in [0.4, 0.5) is 5.69 Å². The number of halogens is 1. The molecule has 2 N–H and O–H groups in total. The van der Waals surface area contributed by atoms with Crippen LogP contribution in [0.5, 0.6) is 0 Å². The summed E-state index contributed by atoms with van der Waals surface area (Å²) < 4.78 is 0. The Bertz CT molecular complexity index is 371. The summed E-state index contributed by atoms with van der Waals surface area (Å²) in [7, 11) is 0. The van der Waals surface area contributed by atoms with E-state index < -0.39 is 0 Å². The van der Waals surface area contributed by atoms with Gasteiger partial charge in [-0.25, -0.2) is 0 Å². The number of rotatable bonds is 2. The fourth-order valence-electron chi connectivity index (χ4n) is 0.915. The van der Waals surface area contributed by atoms with Gasteiger partial charge in [-0.1, -0.05) is 18.2 Å². The van der Waals surface area contributed by atoms with E-state index in [0.717, 1.165) is 0 Å². The Labute approximate surface area is 82.0 Å². The van der Waals surface area contributed by atoms with Gasteiger partial charge in [-0.15, -0.1) is 0 Å². The predicted molar refractivity (Wildman–Crippen MR) is 55.0 cm³/mol. The third kappa shape index (κ3) is 2.10. The molecule has 1 aromatic rings. The first-order valence-electron chi connectivity index (χ1n) is 3.77. The second-order valence-electron chi connectivity index (χ2n) is 2.85. The number of hydrogen-bond acceptors (Lipinski definition) is 2. The molecule has 68 valence electrons. The second-order valence-corrected chi connectivity index (χ2v) is 3.25. The first-order valence-corrected chi connectivity index (χ1v) is 4.15. The van der Waals surface area contributed by atoms with Crippen LogP contribution in [-0.4, -0.2) is 5.78 Å². The van der Waals surface area contributed by atoms with E-state index in [0.29, 0.717) is 21.8 Å². The number of nitrogens with two attached hydrogens (primary N) is 1. The van der Waals surface area contributed by atoms with Crippen LogP contribution in [0.15, 0.2) is 30.4 Å². The molecule has 0 bridgehead atoms. The highest BCUT2D eigenvalue weighted by molar-refractivity contribution is 6.33. The molecule has 0 aliphatic carbocycles. The molecule has 0 aliphatic heterocycles. The van der Waals surface area contributed by atoms with Crippen LogP contribution >= 0.6 is 11.6 Å². The smallest absolute Gasteiger partial charge is 0.188 e. The van der Waals surface area contributed by atoms with Crippen LogP contribution in [-0.2, 0) is 0 Å². The van der Waals surface area contributed by atoms with Gasteiger partial charge in [-0.2, -0.15) is 0 Å². The number of Topliss-reactive ketones (excluding diaryl/α,β-unsaturated/α-hetero) is 1. The van der Waals surface area contributed by atoms with Crippen molar-refractivity contribution in [3.05, 3.63) is 40.9 Å². The summed E-state index contributed by atoms with van der Waals surface area (Å²) >= 11 is 5.76. The van der Waals surface area contributed by atoms with Crippen molar-refractivity contribution in [3.63, 3.8) is 0 Å². The normalized spacial score (nSPS) is 9.69. The number of nitrogen functional groups attached to an aromatic ring is 1. The molecule has 2 nitrogen and oxygen atoms in total. The highest BCUT2D eigenvalue weighted by Gasteiger charge is 2.07. The molecule has 1 rings (SSSR count). The van der Waals surface area contributed by atoms with E-state index in [4.69, 9.17) is 17.3 Å². The summed E-state index contributed by atoms with van der Waals surface area (Å²) in [5.41, 5.74) is 6.98. The molecular weight excluding hydrogens is 186 g/mol. The summed E-state index contributed by atoms with van der Waals surface area (Å²) in [6, 6.07) is 4.80. The van der Waals surface area contributed by atoms with Crippen LogP contribution in [0, 0.1) is 0 Å². The number of benzene rings is 1. The first-order chi connectivity index (χ1) is 6.02. The minimum absolute atomic E-state index is 0.109. The second kappa shape index (κ2) is 3.62. The van der Waals surface area contributed by atoms with Crippen molar-refractivity contribution in [2.45, 2.75) is 6.92 Å². The van der Waals surface area contributed by atoms with E-state index in [1.54, 1.807) is 25.1 Å². The Morgan fingerprint density at radius 2 is 2.15 bits per heavy atom. The van der Waals surface area contributed by atoms with Crippen molar-refractivity contribution in [1.29, 1.82) is 0 Å². The van der Waals surface area contributed by atoms with Crippen LogP contribution in [0.3, 0.4) is 0 Å². The molecule has 0 atom stereocenters. The average Bonchev–Trinajstić information content (AvgIpc) is 2.08. The third-order valence-electron chi connectivity index (χ3n) is 1.65. The molecule has 3 heteroatoms. The highest BCUT2D eigenvalue weighted by atomic mass is 35.5. The van der Waals surface area contributed by atoms with Crippen molar-refractivity contribution >= 4 is 23.1 Å². The molecule has 13 heavy (non-hydrogen) atoms. The standard InChI is InChI=1S/C10H10ClNO/c1-6(2)10(13)7-3-4-9(12)8(11)5-7/h3-5H,1,12H2,2H3. The van der Waals surface area contributed by atoms with Crippen molar-refractivity contribution in [3.8, 4) is 0 Å². The molecule has 0 fully saturated rings. The fraction of sp³-hybridized carbons (Fsp3) is 0.100. The van der Waals surface area contributed by atoms with Gasteiger partial charge in [0, 0.05) is 5.56 Å². The summed E-state index contributed by atoms with van der Waals surface area (Å²) in [5, 5.41) is 0.395. The van der Waals surface area contributed by atoms with Crippen LogP contribution in [0.1, 0.15) is 17.3 Å². The van der Waals surface area contributed by atoms with Crippen LogP contribution < -0.4 is 5.73 Å². The lowest BCUT2D eigenvalue weighted by molar-refractivity contribution is 0.103. The van der Waals surface area contributed by atoms with Gasteiger partial charge in [-0.3, -0.25) is 4.79 Å². The van der Waals surface area contributed by atoms with Gasteiger partial charge in [0.2, 0.25) is 0 Å². The zero-order valence-corrected chi connectivity index (χ0v) is 8.06. The van der Waals surface area contributed by atoms with Crippen LogP contribution in [0.25, 0.3) is 0 Å². The van der Waals surface area contributed by atoms with E-state index in [-0.39, 0.29) is 5.78 Å². The predicted octanol–water partition coefficient (Wildman–Crippen LogP) is 2.68. The number of allylic oxidation sites excluding steroid dienone is 1. The quantitative estimate of drug-likeness (QED) is 0.448. The van der Waals surface area contributed by atoms with Crippen molar-refractivity contribution in [2.75, 3.05) is 5.73 Å². The third-order valence-corrected chi connectivity index (χ3v) is 1.98. The Morgan fingerprint density at radius 3 is 2.62 bits per heavy atom. The largest absolute Gasteiger partial charge is 0.398 e. The lowest BCUT2D eigenvalue weighted by Crippen LogP contribution is -2.00. The van der Waals surface area contributed by atoms with E-state index in [1.807, 2.05) is 0 Å². The minimum Gasteiger partial charge on any atom is -0.398 e. The maximum absolute atomic E-state index is 11.4. The van der Waals surface area contributed by atoms with E-state index in [9.17, 15) is 4.79 Å². The number of anilines is 1. The van der Waals surface area contributed by atoms with Gasteiger partial charge in [0.15, 0.2) is 5.78 Å². The first kappa shape index (κ1) is 9.81.